The van der Waals surface area contributed by atoms with E-state index in [1.165, 1.54) is 0 Å². The molecule has 1 N–H and O–H groups in total. The Morgan fingerprint density at radius 3 is 2.12 bits per heavy atom. The number of nitriles is 1. The predicted molar refractivity (Wildman–Crippen MR) is 125 cm³/mol. The number of hydrogen-bond acceptors (Lipinski definition) is 3. The summed E-state index contributed by atoms with van der Waals surface area (Å²) in [6.45, 7) is 0.952. The number of aromatic nitrogens is 2. The third kappa shape index (κ3) is 5.18. The molecule has 4 rings (SSSR count). The summed E-state index contributed by atoms with van der Waals surface area (Å²) in [5.41, 5.74) is 4.50. The van der Waals surface area contributed by atoms with Crippen LogP contribution in [0.3, 0.4) is 0 Å². The number of nitrogens with one attached hydrogen (secondary N) is 1. The lowest BCUT2D eigenvalue weighted by Gasteiger charge is -2.04. The average Bonchev–Trinajstić information content (AvgIpc) is 3.25. The van der Waals surface area contributed by atoms with Crippen LogP contribution in [0.2, 0.25) is 0 Å². The van der Waals surface area contributed by atoms with E-state index < -0.39 is 5.91 Å². The number of hydrogen-bond donors (Lipinski definition) is 1. The van der Waals surface area contributed by atoms with Gasteiger partial charge in [0.1, 0.15) is 11.6 Å². The molecule has 0 spiro atoms. The third-order valence-electron chi connectivity index (χ3n) is 4.99. The Morgan fingerprint density at radius 1 is 0.906 bits per heavy atom. The van der Waals surface area contributed by atoms with Gasteiger partial charge in [0.15, 0.2) is 0 Å². The first-order chi connectivity index (χ1) is 15.7. The van der Waals surface area contributed by atoms with Crippen molar-refractivity contribution >= 4 is 12.0 Å². The van der Waals surface area contributed by atoms with Crippen LogP contribution in [0.15, 0.2) is 103 Å². The maximum atomic E-state index is 12.7. The van der Waals surface area contributed by atoms with Gasteiger partial charge in [0.2, 0.25) is 0 Å². The predicted octanol–water partition coefficient (Wildman–Crippen LogP) is 4.82. The second-order valence-corrected chi connectivity index (χ2v) is 7.32. The van der Waals surface area contributed by atoms with Crippen LogP contribution in [0.5, 0.6) is 0 Å². The van der Waals surface area contributed by atoms with Crippen molar-refractivity contribution in [3.63, 3.8) is 0 Å². The maximum Gasteiger partial charge on any atom is 0.262 e. The normalized spacial score (nSPS) is 11.0. The SMILES string of the molecule is N#C/C(=C\c1cn(Cc2ccccc2)nc1-c1ccccc1)C(=O)NCc1ccccc1. The van der Waals surface area contributed by atoms with Gasteiger partial charge in [-0.05, 0) is 17.2 Å². The second-order valence-electron chi connectivity index (χ2n) is 7.32. The highest BCUT2D eigenvalue weighted by atomic mass is 16.1. The molecule has 1 heterocycles. The molecule has 0 atom stereocenters. The summed E-state index contributed by atoms with van der Waals surface area (Å²) in [5.74, 6) is -0.411. The van der Waals surface area contributed by atoms with Crippen molar-refractivity contribution in [3.05, 3.63) is 119 Å². The van der Waals surface area contributed by atoms with Crippen molar-refractivity contribution in [1.82, 2.24) is 15.1 Å². The molecule has 5 heteroatoms. The quantitative estimate of drug-likeness (QED) is 0.345. The summed E-state index contributed by atoms with van der Waals surface area (Å²) in [4.78, 5) is 12.7. The van der Waals surface area contributed by atoms with Gasteiger partial charge in [-0.15, -0.1) is 0 Å². The zero-order chi connectivity index (χ0) is 22.2. The van der Waals surface area contributed by atoms with Crippen LogP contribution >= 0.6 is 0 Å². The maximum absolute atomic E-state index is 12.7. The van der Waals surface area contributed by atoms with Crippen LogP contribution < -0.4 is 5.32 Å². The van der Waals surface area contributed by atoms with Gasteiger partial charge in [-0.3, -0.25) is 9.48 Å². The largest absolute Gasteiger partial charge is 0.347 e. The molecule has 0 aliphatic heterocycles. The number of rotatable bonds is 7. The number of amides is 1. The van der Waals surface area contributed by atoms with Crippen LogP contribution in [-0.4, -0.2) is 15.7 Å². The monoisotopic (exact) mass is 418 g/mol. The summed E-state index contributed by atoms with van der Waals surface area (Å²) >= 11 is 0. The third-order valence-corrected chi connectivity index (χ3v) is 4.99. The van der Waals surface area contributed by atoms with E-state index in [1.807, 2.05) is 108 Å². The Labute approximate surface area is 187 Å². The van der Waals surface area contributed by atoms with E-state index in [2.05, 4.69) is 5.32 Å². The highest BCUT2D eigenvalue weighted by Gasteiger charge is 2.14. The molecule has 1 aromatic heterocycles. The molecule has 156 valence electrons. The van der Waals surface area contributed by atoms with Crippen molar-refractivity contribution in [2.45, 2.75) is 13.1 Å². The second kappa shape index (κ2) is 10.1. The van der Waals surface area contributed by atoms with Crippen molar-refractivity contribution in [3.8, 4) is 17.3 Å². The molecule has 0 radical (unpaired) electrons. The summed E-state index contributed by atoms with van der Waals surface area (Å²) in [6, 6.07) is 31.4. The molecule has 0 fully saturated rings. The van der Waals surface area contributed by atoms with E-state index in [1.54, 1.807) is 6.08 Å². The van der Waals surface area contributed by atoms with E-state index in [-0.39, 0.29) is 5.57 Å². The van der Waals surface area contributed by atoms with Gasteiger partial charge in [0.25, 0.3) is 5.91 Å². The Balaban J connectivity index is 1.63. The lowest BCUT2D eigenvalue weighted by molar-refractivity contribution is -0.117. The van der Waals surface area contributed by atoms with E-state index >= 15 is 0 Å². The first-order valence-corrected chi connectivity index (χ1v) is 10.3. The smallest absolute Gasteiger partial charge is 0.262 e. The molecule has 0 saturated carbocycles. The standard InChI is InChI=1S/C27H22N4O/c28-17-24(27(32)29-18-21-10-4-1-5-11-21)16-25-20-31(19-22-12-6-2-7-13-22)30-26(25)23-14-8-3-9-15-23/h1-16,20H,18-19H2,(H,29,32)/b24-16+. The summed E-state index contributed by atoms with van der Waals surface area (Å²) in [5, 5.41) is 17.2. The Morgan fingerprint density at radius 2 is 1.50 bits per heavy atom. The van der Waals surface area contributed by atoms with Crippen LogP contribution in [0, 0.1) is 11.3 Å². The zero-order valence-electron chi connectivity index (χ0n) is 17.5. The molecule has 4 aromatic rings. The first kappa shape index (κ1) is 20.8. The number of carbonyl (C=O) groups excluding carboxylic acids is 1. The van der Waals surface area contributed by atoms with Crippen LogP contribution in [0.25, 0.3) is 17.3 Å². The number of nitrogens with zero attached hydrogens (tertiary/aromatic N) is 3. The first-order valence-electron chi connectivity index (χ1n) is 10.3. The van der Waals surface area contributed by atoms with Crippen LogP contribution in [0.1, 0.15) is 16.7 Å². The van der Waals surface area contributed by atoms with Crippen molar-refractivity contribution < 1.29 is 4.79 Å². The van der Waals surface area contributed by atoms with Gasteiger partial charge in [-0.1, -0.05) is 91.0 Å². The Hall–Kier alpha value is -4.43. The molecule has 32 heavy (non-hydrogen) atoms. The van der Waals surface area contributed by atoms with Crippen molar-refractivity contribution in [2.75, 3.05) is 0 Å². The Kier molecular flexibility index (Phi) is 6.54. The minimum absolute atomic E-state index is 0.0392. The fraction of sp³-hybridized carbons (Fsp3) is 0.0741. The van der Waals surface area contributed by atoms with E-state index in [0.717, 1.165) is 27.9 Å². The molecule has 3 aromatic carbocycles. The van der Waals surface area contributed by atoms with Crippen molar-refractivity contribution in [1.29, 1.82) is 5.26 Å². The minimum atomic E-state index is -0.411. The van der Waals surface area contributed by atoms with Gasteiger partial charge in [-0.2, -0.15) is 10.4 Å². The van der Waals surface area contributed by atoms with Gasteiger partial charge in [0, 0.05) is 23.9 Å². The summed E-state index contributed by atoms with van der Waals surface area (Å²) in [6.07, 6.45) is 3.48. The lowest BCUT2D eigenvalue weighted by atomic mass is 10.1. The molecule has 0 aliphatic carbocycles. The Bertz CT molecular complexity index is 1250. The molecular weight excluding hydrogens is 396 g/mol. The molecule has 0 unspecified atom stereocenters. The summed E-state index contributed by atoms with van der Waals surface area (Å²) in [7, 11) is 0. The fourth-order valence-corrected chi connectivity index (χ4v) is 3.39. The van der Waals surface area contributed by atoms with E-state index in [9.17, 15) is 10.1 Å². The molecule has 1 amide bonds. The topological polar surface area (TPSA) is 70.7 Å². The molecule has 0 aliphatic rings. The van der Waals surface area contributed by atoms with Crippen LogP contribution in [-0.2, 0) is 17.9 Å². The van der Waals surface area contributed by atoms with Crippen LogP contribution in [0.4, 0.5) is 0 Å². The number of benzene rings is 3. The highest BCUT2D eigenvalue weighted by molar-refractivity contribution is 6.02. The molecule has 0 bridgehead atoms. The minimum Gasteiger partial charge on any atom is -0.347 e. The van der Waals surface area contributed by atoms with Gasteiger partial charge in [-0.25, -0.2) is 0 Å². The fourth-order valence-electron chi connectivity index (χ4n) is 3.39. The zero-order valence-corrected chi connectivity index (χ0v) is 17.5. The highest BCUT2D eigenvalue weighted by Crippen LogP contribution is 2.24. The lowest BCUT2D eigenvalue weighted by Crippen LogP contribution is -2.23. The average molecular weight is 419 g/mol. The molecular formula is C27H22N4O. The summed E-state index contributed by atoms with van der Waals surface area (Å²) < 4.78 is 1.83. The van der Waals surface area contributed by atoms with E-state index in [4.69, 9.17) is 5.10 Å². The molecule has 0 saturated heterocycles. The van der Waals surface area contributed by atoms with Crippen molar-refractivity contribution in [2.24, 2.45) is 0 Å². The van der Waals surface area contributed by atoms with E-state index in [0.29, 0.717) is 13.1 Å². The van der Waals surface area contributed by atoms with Gasteiger partial charge >= 0.3 is 0 Å². The number of carbonyl (C=O) groups is 1. The molecule has 5 nitrogen and oxygen atoms in total. The van der Waals surface area contributed by atoms with Gasteiger partial charge < -0.3 is 5.32 Å². The van der Waals surface area contributed by atoms with Gasteiger partial charge in [0.05, 0.1) is 12.2 Å².